The van der Waals surface area contributed by atoms with Crippen LogP contribution in [0.4, 0.5) is 0 Å². The molecule has 0 nitrogen and oxygen atoms in total. The molecule has 0 saturated carbocycles. The second kappa shape index (κ2) is 11.2. The van der Waals surface area contributed by atoms with Gasteiger partial charge in [-0.3, -0.25) is 0 Å². The van der Waals surface area contributed by atoms with Gasteiger partial charge in [0.05, 0.1) is 0 Å². The van der Waals surface area contributed by atoms with Crippen molar-refractivity contribution in [3.63, 3.8) is 0 Å². The van der Waals surface area contributed by atoms with Crippen LogP contribution in [-0.2, 0) is 0 Å². The van der Waals surface area contributed by atoms with E-state index in [9.17, 15) is 0 Å². The van der Waals surface area contributed by atoms with E-state index in [1.807, 2.05) is 0 Å². The molecule has 0 bridgehead atoms. The molecule has 0 aromatic rings. The van der Waals surface area contributed by atoms with Gasteiger partial charge >= 0.3 is 0 Å². The van der Waals surface area contributed by atoms with Gasteiger partial charge in [0.2, 0.25) is 0 Å². The van der Waals surface area contributed by atoms with Crippen LogP contribution < -0.4 is 0 Å². The lowest BCUT2D eigenvalue weighted by Gasteiger charge is -1.89. The highest BCUT2D eigenvalue weighted by atomic mass is 13.9. The molecule has 0 saturated heterocycles. The summed E-state index contributed by atoms with van der Waals surface area (Å²) in [7, 11) is 0. The molecule has 0 rings (SSSR count). The second-order valence-electron chi connectivity index (χ2n) is 3.17. The van der Waals surface area contributed by atoms with E-state index in [0.717, 1.165) is 12.8 Å². The van der Waals surface area contributed by atoms with Gasteiger partial charge in [-0.1, -0.05) is 56.7 Å². The lowest BCUT2D eigenvalue weighted by Crippen LogP contribution is -1.69. The molecule has 0 unspecified atom stereocenters. The first kappa shape index (κ1) is 12.2. The van der Waals surface area contributed by atoms with Crippen LogP contribution in [0, 0.1) is 6.58 Å². The molecule has 0 heterocycles. The third-order valence-electron chi connectivity index (χ3n) is 1.86. The van der Waals surface area contributed by atoms with Gasteiger partial charge in [-0.15, -0.1) is 0 Å². The Bertz CT molecular complexity index is 151. The lowest BCUT2D eigenvalue weighted by atomic mass is 10.2. The molecule has 0 N–H and O–H groups in total. The number of allylic oxidation sites excluding steroid dienone is 5. The molecule has 0 aromatic carbocycles. The number of unbranched alkanes of at least 4 members (excludes halogenated alkanes) is 4. The Kier molecular flexibility index (Phi) is 10.5. The van der Waals surface area contributed by atoms with E-state index in [1.54, 1.807) is 6.08 Å². The summed E-state index contributed by atoms with van der Waals surface area (Å²) in [5.41, 5.74) is 0. The molecule has 0 aliphatic carbocycles. The van der Waals surface area contributed by atoms with Crippen LogP contribution >= 0.6 is 0 Å². The maximum Gasteiger partial charge on any atom is -0.0313 e. The third kappa shape index (κ3) is 11.2. The number of rotatable bonds is 8. The topological polar surface area (TPSA) is 0 Å². The molecule has 0 aliphatic heterocycles. The van der Waals surface area contributed by atoms with Crippen molar-refractivity contribution >= 4 is 0 Å². The summed E-state index contributed by atoms with van der Waals surface area (Å²) in [6.07, 6.45) is 17.5. The normalized spacial score (nSPS) is 11.5. The van der Waals surface area contributed by atoms with Gasteiger partial charge in [0.1, 0.15) is 0 Å². The van der Waals surface area contributed by atoms with Crippen LogP contribution in [0.1, 0.15) is 45.4 Å². The molecule has 73 valence electrons. The number of hydrogen-bond acceptors (Lipinski definition) is 0. The zero-order valence-electron chi connectivity index (χ0n) is 8.71. The second-order valence-corrected chi connectivity index (χ2v) is 3.17. The molecule has 0 heteroatoms. The van der Waals surface area contributed by atoms with Crippen LogP contribution in [0.25, 0.3) is 0 Å². The molecule has 0 aliphatic rings. The van der Waals surface area contributed by atoms with E-state index in [4.69, 9.17) is 6.58 Å². The Morgan fingerprint density at radius 3 is 2.23 bits per heavy atom. The average molecular weight is 177 g/mol. The molecule has 0 fully saturated rings. The average Bonchev–Trinajstić information content (AvgIpc) is 2.16. The highest BCUT2D eigenvalue weighted by molar-refractivity contribution is 5.02. The Balaban J connectivity index is 3.19. The van der Waals surface area contributed by atoms with E-state index in [0.29, 0.717) is 0 Å². The van der Waals surface area contributed by atoms with Gasteiger partial charge in [0.15, 0.2) is 0 Å². The van der Waals surface area contributed by atoms with Gasteiger partial charge < -0.3 is 0 Å². The molecule has 13 heavy (non-hydrogen) atoms. The smallest absolute Gasteiger partial charge is 0.0313 e. The minimum atomic E-state index is 0.972. The van der Waals surface area contributed by atoms with Crippen molar-refractivity contribution in [2.24, 2.45) is 0 Å². The van der Waals surface area contributed by atoms with Crippen LogP contribution in [0.15, 0.2) is 30.4 Å². The van der Waals surface area contributed by atoms with E-state index in [2.05, 4.69) is 31.2 Å². The molecule has 0 amide bonds. The largest absolute Gasteiger partial charge is 0.0845 e. The van der Waals surface area contributed by atoms with Gasteiger partial charge in [-0.2, -0.15) is 0 Å². The van der Waals surface area contributed by atoms with Crippen LogP contribution in [0.2, 0.25) is 0 Å². The fourth-order valence-electron chi connectivity index (χ4n) is 1.05. The highest BCUT2D eigenvalue weighted by Gasteiger charge is 1.79. The SMILES string of the molecule is [CH]=CCCC=CC=CCCCCC. The summed E-state index contributed by atoms with van der Waals surface area (Å²) in [6, 6.07) is 0. The minimum Gasteiger partial charge on any atom is -0.0845 e. The van der Waals surface area contributed by atoms with Gasteiger partial charge in [0, 0.05) is 0 Å². The molecule has 1 radical (unpaired) electrons. The first-order valence-corrected chi connectivity index (χ1v) is 5.27. The molecular weight excluding hydrogens is 156 g/mol. The van der Waals surface area contributed by atoms with Crippen molar-refractivity contribution in [1.29, 1.82) is 0 Å². The Labute approximate surface area is 83.0 Å². The summed E-state index contributed by atoms with van der Waals surface area (Å²) in [6.45, 7) is 7.48. The van der Waals surface area contributed by atoms with Gasteiger partial charge in [0.25, 0.3) is 0 Å². The highest BCUT2D eigenvalue weighted by Crippen LogP contribution is 1.99. The Morgan fingerprint density at radius 1 is 0.923 bits per heavy atom. The Morgan fingerprint density at radius 2 is 1.62 bits per heavy atom. The van der Waals surface area contributed by atoms with Gasteiger partial charge in [-0.25, -0.2) is 0 Å². The lowest BCUT2D eigenvalue weighted by molar-refractivity contribution is 0.729. The van der Waals surface area contributed by atoms with Crippen LogP contribution in [-0.4, -0.2) is 0 Å². The number of hydrogen-bond donors (Lipinski definition) is 0. The summed E-state index contributed by atoms with van der Waals surface area (Å²) in [5.74, 6) is 0. The van der Waals surface area contributed by atoms with Crippen molar-refractivity contribution in [2.75, 3.05) is 0 Å². The zero-order chi connectivity index (χ0) is 9.78. The first-order valence-electron chi connectivity index (χ1n) is 5.27. The summed E-state index contributed by atoms with van der Waals surface area (Å²) < 4.78 is 0. The third-order valence-corrected chi connectivity index (χ3v) is 1.86. The van der Waals surface area contributed by atoms with Crippen molar-refractivity contribution in [2.45, 2.75) is 45.4 Å². The maximum absolute atomic E-state index is 5.25. The summed E-state index contributed by atoms with van der Waals surface area (Å²) in [5, 5.41) is 0. The first-order chi connectivity index (χ1) is 6.41. The monoisotopic (exact) mass is 177 g/mol. The quantitative estimate of drug-likeness (QED) is 0.379. The molecule has 0 aromatic heterocycles. The van der Waals surface area contributed by atoms with Crippen molar-refractivity contribution < 1.29 is 0 Å². The van der Waals surface area contributed by atoms with E-state index in [1.165, 1.54) is 25.7 Å². The van der Waals surface area contributed by atoms with E-state index < -0.39 is 0 Å². The van der Waals surface area contributed by atoms with Crippen LogP contribution in [0.5, 0.6) is 0 Å². The fraction of sp³-hybridized carbons (Fsp3) is 0.538. The van der Waals surface area contributed by atoms with Crippen molar-refractivity contribution in [3.8, 4) is 0 Å². The standard InChI is InChI=1S/C13H21/c1-3-5-7-9-11-13-12-10-8-6-4-2/h1,3,9,11-13H,4-8,10H2,2H3. The molecule has 0 atom stereocenters. The molecular formula is C13H21. The summed E-state index contributed by atoms with van der Waals surface area (Å²) >= 11 is 0. The van der Waals surface area contributed by atoms with Crippen molar-refractivity contribution in [1.82, 2.24) is 0 Å². The fourth-order valence-corrected chi connectivity index (χ4v) is 1.05. The van der Waals surface area contributed by atoms with Crippen molar-refractivity contribution in [3.05, 3.63) is 37.0 Å². The van der Waals surface area contributed by atoms with E-state index in [-0.39, 0.29) is 0 Å². The van der Waals surface area contributed by atoms with Gasteiger partial charge in [-0.05, 0) is 25.7 Å². The van der Waals surface area contributed by atoms with Crippen LogP contribution in [0.3, 0.4) is 0 Å². The van der Waals surface area contributed by atoms with E-state index >= 15 is 0 Å². The molecule has 0 spiro atoms. The maximum atomic E-state index is 5.25. The Hall–Kier alpha value is -0.780. The summed E-state index contributed by atoms with van der Waals surface area (Å²) in [4.78, 5) is 0. The zero-order valence-corrected chi connectivity index (χ0v) is 8.71. The predicted octanol–water partition coefficient (Wildman–Crippen LogP) is 4.45. The predicted molar refractivity (Wildman–Crippen MR) is 60.5 cm³/mol. The minimum absolute atomic E-state index is 0.972.